The molecule has 50 valence electrons. The minimum absolute atomic E-state index is 0.519. The number of rotatable bonds is 1. The van der Waals surface area contributed by atoms with Gasteiger partial charge in [-0.25, -0.2) is 9.97 Å². The number of H-pyrrole nitrogens is 1. The van der Waals surface area contributed by atoms with Gasteiger partial charge in [0, 0.05) is 12.4 Å². The summed E-state index contributed by atoms with van der Waals surface area (Å²) in [4.78, 5) is 10.7. The van der Waals surface area contributed by atoms with E-state index in [9.17, 15) is 0 Å². The van der Waals surface area contributed by atoms with E-state index in [4.69, 9.17) is 4.42 Å². The van der Waals surface area contributed by atoms with Crippen molar-refractivity contribution < 1.29 is 4.42 Å². The highest BCUT2D eigenvalue weighted by atomic mass is 16.3. The van der Waals surface area contributed by atoms with Crippen molar-refractivity contribution >= 4 is 0 Å². The first-order valence-corrected chi connectivity index (χ1v) is 2.86. The van der Waals surface area contributed by atoms with Crippen LogP contribution in [0.4, 0.5) is 0 Å². The van der Waals surface area contributed by atoms with Crippen LogP contribution in [0.25, 0.3) is 11.7 Å². The molecule has 2 aromatic rings. The zero-order valence-electron chi connectivity index (χ0n) is 5.11. The molecule has 0 radical (unpaired) electrons. The molecular formula is C6H5N3O. The Balaban J connectivity index is 2.48. The lowest BCUT2D eigenvalue weighted by molar-refractivity contribution is 0.570. The summed E-state index contributed by atoms with van der Waals surface area (Å²) in [7, 11) is 0. The summed E-state index contributed by atoms with van der Waals surface area (Å²) >= 11 is 0. The number of imidazole rings is 1. The topological polar surface area (TPSA) is 54.7 Å². The fourth-order valence-electron chi connectivity index (χ4n) is 0.723. The Hall–Kier alpha value is -1.58. The Morgan fingerprint density at radius 1 is 1.30 bits per heavy atom. The summed E-state index contributed by atoms with van der Waals surface area (Å²) in [6, 6.07) is 0. The molecule has 2 rings (SSSR count). The van der Waals surface area contributed by atoms with Crippen molar-refractivity contribution in [2.45, 2.75) is 0 Å². The van der Waals surface area contributed by atoms with E-state index in [1.807, 2.05) is 0 Å². The highest BCUT2D eigenvalue weighted by molar-refractivity contribution is 5.38. The first-order valence-electron chi connectivity index (χ1n) is 2.86. The highest BCUT2D eigenvalue weighted by Crippen LogP contribution is 2.08. The molecule has 0 spiro atoms. The minimum atomic E-state index is 0.519. The molecular weight excluding hydrogens is 130 g/mol. The van der Waals surface area contributed by atoms with Crippen molar-refractivity contribution in [1.82, 2.24) is 15.0 Å². The molecule has 2 heterocycles. The Kier molecular flexibility index (Phi) is 1.04. The molecule has 0 amide bonds. The summed E-state index contributed by atoms with van der Waals surface area (Å²) in [5, 5.41) is 0. The van der Waals surface area contributed by atoms with Crippen LogP contribution in [0.5, 0.6) is 0 Å². The molecule has 4 nitrogen and oxygen atoms in total. The molecule has 0 aliphatic carbocycles. The van der Waals surface area contributed by atoms with Gasteiger partial charge in [0.2, 0.25) is 0 Å². The number of nitrogens with zero attached hydrogens (tertiary/aromatic N) is 2. The van der Waals surface area contributed by atoms with Gasteiger partial charge in [0.25, 0.3) is 5.89 Å². The van der Waals surface area contributed by atoms with Crippen molar-refractivity contribution in [1.29, 1.82) is 0 Å². The number of aromatic amines is 1. The highest BCUT2D eigenvalue weighted by Gasteiger charge is 2.01. The standard InChI is InChI=1S/C6H5N3O/c1-2-8-5(7-1)6-9-3-4-10-6/h1-4H,(H,7,8). The lowest BCUT2D eigenvalue weighted by Crippen LogP contribution is -1.77. The molecule has 10 heavy (non-hydrogen) atoms. The summed E-state index contributed by atoms with van der Waals surface area (Å²) in [5.74, 6) is 1.18. The van der Waals surface area contributed by atoms with Crippen LogP contribution in [0.1, 0.15) is 0 Å². The maximum atomic E-state index is 4.97. The van der Waals surface area contributed by atoms with E-state index in [0.29, 0.717) is 11.7 Å². The van der Waals surface area contributed by atoms with Crippen LogP contribution in [-0.4, -0.2) is 15.0 Å². The first-order chi connectivity index (χ1) is 4.97. The van der Waals surface area contributed by atoms with Gasteiger partial charge >= 0.3 is 0 Å². The molecule has 0 fully saturated rings. The van der Waals surface area contributed by atoms with Gasteiger partial charge in [-0.15, -0.1) is 0 Å². The van der Waals surface area contributed by atoms with E-state index in [-0.39, 0.29) is 0 Å². The molecule has 0 atom stereocenters. The monoisotopic (exact) mass is 135 g/mol. The van der Waals surface area contributed by atoms with Gasteiger partial charge in [0.1, 0.15) is 6.26 Å². The van der Waals surface area contributed by atoms with Crippen molar-refractivity contribution in [3.63, 3.8) is 0 Å². The van der Waals surface area contributed by atoms with Crippen molar-refractivity contribution in [2.24, 2.45) is 0 Å². The Labute approximate surface area is 56.9 Å². The quantitative estimate of drug-likeness (QED) is 0.636. The van der Waals surface area contributed by atoms with Crippen LogP contribution in [0.15, 0.2) is 29.3 Å². The molecule has 0 saturated carbocycles. The first kappa shape index (κ1) is 5.22. The predicted octanol–water partition coefficient (Wildman–Crippen LogP) is 1.06. The van der Waals surface area contributed by atoms with E-state index >= 15 is 0 Å². The van der Waals surface area contributed by atoms with E-state index in [1.165, 1.54) is 6.26 Å². The number of hydrogen-bond donors (Lipinski definition) is 1. The number of oxazole rings is 1. The third kappa shape index (κ3) is 0.699. The van der Waals surface area contributed by atoms with E-state index < -0.39 is 0 Å². The van der Waals surface area contributed by atoms with Crippen molar-refractivity contribution in [3.05, 3.63) is 24.9 Å². The largest absolute Gasteiger partial charge is 0.442 e. The lowest BCUT2D eigenvalue weighted by Gasteiger charge is -1.83. The Morgan fingerprint density at radius 3 is 2.90 bits per heavy atom. The van der Waals surface area contributed by atoms with Crippen molar-refractivity contribution in [2.75, 3.05) is 0 Å². The van der Waals surface area contributed by atoms with Crippen LogP contribution in [0.2, 0.25) is 0 Å². The Morgan fingerprint density at radius 2 is 2.30 bits per heavy atom. The molecule has 0 aliphatic rings. The van der Waals surface area contributed by atoms with Crippen LogP contribution in [-0.2, 0) is 0 Å². The summed E-state index contributed by atoms with van der Waals surface area (Å²) in [5.41, 5.74) is 0. The maximum absolute atomic E-state index is 4.97. The Bertz CT molecular complexity index is 252. The molecule has 2 aromatic heterocycles. The normalized spacial score (nSPS) is 10.0. The van der Waals surface area contributed by atoms with Gasteiger partial charge in [0.05, 0.1) is 6.20 Å². The zero-order valence-corrected chi connectivity index (χ0v) is 5.11. The average molecular weight is 135 g/mol. The van der Waals surface area contributed by atoms with Gasteiger partial charge < -0.3 is 9.40 Å². The fourth-order valence-corrected chi connectivity index (χ4v) is 0.723. The maximum Gasteiger partial charge on any atom is 0.262 e. The molecule has 0 bridgehead atoms. The van der Waals surface area contributed by atoms with Gasteiger partial charge in [0.15, 0.2) is 5.82 Å². The van der Waals surface area contributed by atoms with Crippen LogP contribution in [0, 0.1) is 0 Å². The second kappa shape index (κ2) is 1.98. The SMILES string of the molecule is c1c[nH]c(-c2ncco2)n1. The van der Waals surface area contributed by atoms with Gasteiger partial charge in [-0.2, -0.15) is 0 Å². The van der Waals surface area contributed by atoms with Crippen LogP contribution < -0.4 is 0 Å². The average Bonchev–Trinajstić information content (AvgIpc) is 2.59. The molecule has 1 N–H and O–H groups in total. The van der Waals surface area contributed by atoms with E-state index in [0.717, 1.165) is 0 Å². The second-order valence-corrected chi connectivity index (χ2v) is 1.78. The van der Waals surface area contributed by atoms with E-state index in [2.05, 4.69) is 15.0 Å². The smallest absolute Gasteiger partial charge is 0.262 e. The van der Waals surface area contributed by atoms with Gasteiger partial charge in [-0.1, -0.05) is 0 Å². The lowest BCUT2D eigenvalue weighted by atomic mass is 10.6. The van der Waals surface area contributed by atoms with Crippen LogP contribution in [0.3, 0.4) is 0 Å². The summed E-state index contributed by atoms with van der Waals surface area (Å²) in [6.45, 7) is 0. The number of nitrogens with one attached hydrogen (secondary N) is 1. The van der Waals surface area contributed by atoms with Crippen molar-refractivity contribution in [3.8, 4) is 11.7 Å². The van der Waals surface area contributed by atoms with E-state index in [1.54, 1.807) is 18.6 Å². The van der Waals surface area contributed by atoms with Gasteiger partial charge in [-0.05, 0) is 0 Å². The zero-order chi connectivity index (χ0) is 6.81. The molecule has 0 aliphatic heterocycles. The summed E-state index contributed by atoms with van der Waals surface area (Å²) in [6.07, 6.45) is 6.47. The third-order valence-electron chi connectivity index (χ3n) is 1.13. The fraction of sp³-hybridized carbons (Fsp3) is 0. The third-order valence-corrected chi connectivity index (χ3v) is 1.13. The van der Waals surface area contributed by atoms with Crippen LogP contribution >= 0.6 is 0 Å². The molecule has 4 heteroatoms. The summed E-state index contributed by atoms with van der Waals surface area (Å²) < 4.78 is 4.97. The molecule has 0 unspecified atom stereocenters. The molecule has 0 saturated heterocycles. The molecule has 0 aromatic carbocycles. The number of hydrogen-bond acceptors (Lipinski definition) is 3. The predicted molar refractivity (Wildman–Crippen MR) is 34.1 cm³/mol. The second-order valence-electron chi connectivity index (χ2n) is 1.78. The van der Waals surface area contributed by atoms with Gasteiger partial charge in [-0.3, -0.25) is 0 Å². The number of aromatic nitrogens is 3. The minimum Gasteiger partial charge on any atom is -0.442 e.